The van der Waals surface area contributed by atoms with E-state index in [4.69, 9.17) is 4.74 Å². The van der Waals surface area contributed by atoms with Gasteiger partial charge in [0.05, 0.1) is 7.11 Å². The Morgan fingerprint density at radius 2 is 1.58 bits per heavy atom. The number of piperazine rings is 1. The Kier molecular flexibility index (Phi) is 6.17. The normalized spacial score (nSPS) is 14.2. The highest BCUT2D eigenvalue weighted by Gasteiger charge is 2.22. The minimum Gasteiger partial charge on any atom is -0.497 e. The van der Waals surface area contributed by atoms with Crippen LogP contribution in [0.4, 0.5) is 5.69 Å². The summed E-state index contributed by atoms with van der Waals surface area (Å²) >= 11 is 0. The quantitative estimate of drug-likeness (QED) is 0.875. The molecule has 0 saturated carbocycles. The van der Waals surface area contributed by atoms with Crippen molar-refractivity contribution >= 4 is 23.4 Å². The number of ether oxygens (including phenoxy) is 1. The van der Waals surface area contributed by atoms with Gasteiger partial charge in [0.25, 0.3) is 0 Å². The standard InChI is InChI=1S/C17H23N3O4/c1-13(21)19-9-11-20(12-10-19)17(23)8-7-16(22)18-14-3-5-15(24-2)6-4-14/h3-6H,7-12H2,1-2H3,(H,18,22). The second-order valence-electron chi connectivity index (χ2n) is 5.66. The van der Waals surface area contributed by atoms with E-state index in [0.717, 1.165) is 0 Å². The number of benzene rings is 1. The van der Waals surface area contributed by atoms with Crippen molar-refractivity contribution in [3.63, 3.8) is 0 Å². The average Bonchev–Trinajstić information content (AvgIpc) is 2.60. The topological polar surface area (TPSA) is 79.0 Å². The van der Waals surface area contributed by atoms with E-state index in [2.05, 4.69) is 5.32 Å². The molecule has 1 aromatic carbocycles. The average molecular weight is 333 g/mol. The predicted octanol–water partition coefficient (Wildman–Crippen LogP) is 1.10. The summed E-state index contributed by atoms with van der Waals surface area (Å²) in [5.41, 5.74) is 0.670. The first-order valence-electron chi connectivity index (χ1n) is 7.97. The summed E-state index contributed by atoms with van der Waals surface area (Å²) < 4.78 is 5.06. The van der Waals surface area contributed by atoms with Crippen molar-refractivity contribution in [3.8, 4) is 5.75 Å². The Morgan fingerprint density at radius 1 is 1.00 bits per heavy atom. The van der Waals surface area contributed by atoms with E-state index in [1.165, 1.54) is 6.92 Å². The molecule has 1 fully saturated rings. The number of anilines is 1. The fourth-order valence-corrected chi connectivity index (χ4v) is 2.55. The lowest BCUT2D eigenvalue weighted by Gasteiger charge is -2.34. The van der Waals surface area contributed by atoms with Crippen LogP contribution in [0, 0.1) is 0 Å². The lowest BCUT2D eigenvalue weighted by molar-refractivity contribution is -0.138. The van der Waals surface area contributed by atoms with Crippen molar-refractivity contribution in [2.24, 2.45) is 0 Å². The first-order valence-corrected chi connectivity index (χ1v) is 7.97. The monoisotopic (exact) mass is 333 g/mol. The molecule has 0 spiro atoms. The van der Waals surface area contributed by atoms with E-state index in [1.54, 1.807) is 41.2 Å². The number of rotatable bonds is 5. The van der Waals surface area contributed by atoms with Crippen LogP contribution in [0.5, 0.6) is 5.75 Å². The van der Waals surface area contributed by atoms with Gasteiger partial charge in [0.2, 0.25) is 17.7 Å². The van der Waals surface area contributed by atoms with Crippen LogP contribution in [-0.4, -0.2) is 60.8 Å². The summed E-state index contributed by atoms with van der Waals surface area (Å²) in [5.74, 6) is 0.493. The number of hydrogen-bond donors (Lipinski definition) is 1. The van der Waals surface area contributed by atoms with E-state index in [1.807, 2.05) is 0 Å². The molecule has 7 heteroatoms. The third-order valence-corrected chi connectivity index (χ3v) is 4.02. The highest BCUT2D eigenvalue weighted by molar-refractivity contribution is 5.93. The van der Waals surface area contributed by atoms with Crippen LogP contribution >= 0.6 is 0 Å². The highest BCUT2D eigenvalue weighted by Crippen LogP contribution is 2.15. The largest absolute Gasteiger partial charge is 0.497 e. The van der Waals surface area contributed by atoms with Gasteiger partial charge in [-0.05, 0) is 24.3 Å². The van der Waals surface area contributed by atoms with Crippen molar-refractivity contribution in [3.05, 3.63) is 24.3 Å². The summed E-state index contributed by atoms with van der Waals surface area (Å²) in [6.07, 6.45) is 0.305. The molecule has 0 bridgehead atoms. The van der Waals surface area contributed by atoms with Gasteiger partial charge in [-0.1, -0.05) is 0 Å². The summed E-state index contributed by atoms with van der Waals surface area (Å²) in [6.45, 7) is 3.69. The molecule has 1 aromatic rings. The Balaban J connectivity index is 1.73. The van der Waals surface area contributed by atoms with Crippen LogP contribution in [0.15, 0.2) is 24.3 Å². The highest BCUT2D eigenvalue weighted by atomic mass is 16.5. The van der Waals surface area contributed by atoms with Gasteiger partial charge < -0.3 is 19.9 Å². The van der Waals surface area contributed by atoms with Crippen LogP contribution in [0.2, 0.25) is 0 Å². The molecule has 7 nitrogen and oxygen atoms in total. The number of methoxy groups -OCH3 is 1. The van der Waals surface area contributed by atoms with Gasteiger partial charge in [0, 0.05) is 51.6 Å². The van der Waals surface area contributed by atoms with Gasteiger partial charge in [0.15, 0.2) is 0 Å². The molecule has 1 aliphatic heterocycles. The summed E-state index contributed by atoms with van der Waals surface area (Å²) in [4.78, 5) is 38.8. The number of nitrogens with one attached hydrogen (secondary N) is 1. The Morgan fingerprint density at radius 3 is 2.12 bits per heavy atom. The molecular weight excluding hydrogens is 310 g/mol. The Bertz CT molecular complexity index is 592. The molecule has 1 N–H and O–H groups in total. The van der Waals surface area contributed by atoms with E-state index in [0.29, 0.717) is 37.6 Å². The Labute approximate surface area is 141 Å². The maximum absolute atomic E-state index is 12.1. The van der Waals surface area contributed by atoms with E-state index in [-0.39, 0.29) is 30.6 Å². The van der Waals surface area contributed by atoms with Crippen LogP contribution < -0.4 is 10.1 Å². The van der Waals surface area contributed by atoms with Crippen LogP contribution in [0.1, 0.15) is 19.8 Å². The van der Waals surface area contributed by atoms with E-state index < -0.39 is 0 Å². The molecule has 0 atom stereocenters. The molecule has 1 heterocycles. The van der Waals surface area contributed by atoms with Crippen LogP contribution in [0.25, 0.3) is 0 Å². The SMILES string of the molecule is COc1ccc(NC(=O)CCC(=O)N2CCN(C(C)=O)CC2)cc1. The number of carbonyl (C=O) groups excluding carboxylic acids is 3. The summed E-state index contributed by atoms with van der Waals surface area (Å²) in [7, 11) is 1.58. The fourth-order valence-electron chi connectivity index (χ4n) is 2.55. The lowest BCUT2D eigenvalue weighted by Crippen LogP contribution is -2.50. The van der Waals surface area contributed by atoms with Gasteiger partial charge in [0.1, 0.15) is 5.75 Å². The molecular formula is C17H23N3O4. The van der Waals surface area contributed by atoms with Gasteiger partial charge >= 0.3 is 0 Å². The van der Waals surface area contributed by atoms with Crippen molar-refractivity contribution in [2.45, 2.75) is 19.8 Å². The number of hydrogen-bond acceptors (Lipinski definition) is 4. The molecule has 2 rings (SSSR count). The summed E-state index contributed by atoms with van der Waals surface area (Å²) in [5, 5.41) is 2.76. The smallest absolute Gasteiger partial charge is 0.224 e. The van der Waals surface area contributed by atoms with E-state index in [9.17, 15) is 14.4 Å². The second kappa shape index (κ2) is 8.33. The first-order chi connectivity index (χ1) is 11.5. The minimum atomic E-state index is -0.198. The maximum atomic E-state index is 12.1. The number of carbonyl (C=O) groups is 3. The van der Waals surface area contributed by atoms with Crippen molar-refractivity contribution in [1.29, 1.82) is 0 Å². The molecule has 3 amide bonds. The predicted molar refractivity (Wildman–Crippen MR) is 89.7 cm³/mol. The zero-order valence-corrected chi connectivity index (χ0v) is 14.1. The molecule has 24 heavy (non-hydrogen) atoms. The molecule has 1 saturated heterocycles. The van der Waals surface area contributed by atoms with Gasteiger partial charge in [-0.25, -0.2) is 0 Å². The maximum Gasteiger partial charge on any atom is 0.224 e. The van der Waals surface area contributed by atoms with Crippen molar-refractivity contribution in [1.82, 2.24) is 9.80 Å². The molecule has 0 radical (unpaired) electrons. The van der Waals surface area contributed by atoms with Crippen molar-refractivity contribution < 1.29 is 19.1 Å². The van der Waals surface area contributed by atoms with Crippen LogP contribution in [0.3, 0.4) is 0 Å². The molecule has 130 valence electrons. The van der Waals surface area contributed by atoms with Gasteiger partial charge in [-0.15, -0.1) is 0 Å². The fraction of sp³-hybridized carbons (Fsp3) is 0.471. The zero-order chi connectivity index (χ0) is 17.5. The molecule has 1 aliphatic rings. The van der Waals surface area contributed by atoms with E-state index >= 15 is 0 Å². The van der Waals surface area contributed by atoms with Crippen molar-refractivity contribution in [2.75, 3.05) is 38.6 Å². The van der Waals surface area contributed by atoms with Crippen LogP contribution in [-0.2, 0) is 14.4 Å². The second-order valence-corrected chi connectivity index (χ2v) is 5.66. The molecule has 0 aromatic heterocycles. The third kappa shape index (κ3) is 4.97. The Hall–Kier alpha value is -2.57. The zero-order valence-electron chi connectivity index (χ0n) is 14.1. The summed E-state index contributed by atoms with van der Waals surface area (Å²) in [6, 6.07) is 7.02. The van der Waals surface area contributed by atoms with Gasteiger partial charge in [-0.2, -0.15) is 0 Å². The minimum absolute atomic E-state index is 0.0287. The third-order valence-electron chi connectivity index (χ3n) is 4.02. The van der Waals surface area contributed by atoms with Gasteiger partial charge in [-0.3, -0.25) is 14.4 Å². The molecule has 0 unspecified atom stereocenters. The molecule has 0 aliphatic carbocycles. The first kappa shape index (κ1) is 17.8. The number of amides is 3. The lowest BCUT2D eigenvalue weighted by atomic mass is 10.2. The number of nitrogens with zero attached hydrogens (tertiary/aromatic N) is 2.